The SMILES string of the molecule is CCOc1cc(Cl)c(C(O)C2CCNCC2)cc1OCC. The summed E-state index contributed by atoms with van der Waals surface area (Å²) in [7, 11) is 0. The van der Waals surface area contributed by atoms with E-state index in [4.69, 9.17) is 21.1 Å². The van der Waals surface area contributed by atoms with Crippen LogP contribution in [0.4, 0.5) is 0 Å². The molecule has 1 heterocycles. The first-order chi connectivity index (χ1) is 10.2. The minimum absolute atomic E-state index is 0.233. The Morgan fingerprint density at radius 1 is 1.19 bits per heavy atom. The second-order valence-electron chi connectivity index (χ2n) is 5.22. The average Bonchev–Trinajstić information content (AvgIpc) is 2.50. The van der Waals surface area contributed by atoms with Crippen molar-refractivity contribution in [3.63, 3.8) is 0 Å². The molecule has 0 bridgehead atoms. The van der Waals surface area contributed by atoms with Crippen molar-refractivity contribution >= 4 is 11.6 Å². The third kappa shape index (κ3) is 4.02. The predicted octanol–water partition coefficient (Wildman–Crippen LogP) is 3.17. The lowest BCUT2D eigenvalue weighted by Crippen LogP contribution is -2.31. The summed E-state index contributed by atoms with van der Waals surface area (Å²) in [6, 6.07) is 3.57. The quantitative estimate of drug-likeness (QED) is 0.847. The van der Waals surface area contributed by atoms with Crippen molar-refractivity contribution in [3.8, 4) is 11.5 Å². The van der Waals surface area contributed by atoms with Crippen LogP contribution in [0.15, 0.2) is 12.1 Å². The lowest BCUT2D eigenvalue weighted by molar-refractivity contribution is 0.0886. The summed E-state index contributed by atoms with van der Waals surface area (Å²) < 4.78 is 11.2. The molecule has 1 aliphatic rings. The third-order valence-electron chi connectivity index (χ3n) is 3.81. The first kappa shape index (κ1) is 16.4. The molecule has 0 amide bonds. The molecular formula is C16H24ClNO3. The standard InChI is InChI=1S/C16H24ClNO3/c1-3-20-14-9-12(13(17)10-15(14)21-4-2)16(19)11-5-7-18-8-6-11/h9-11,16,18-19H,3-8H2,1-2H3. The largest absolute Gasteiger partial charge is 0.490 e. The summed E-state index contributed by atoms with van der Waals surface area (Å²) in [6.45, 7) is 6.81. The van der Waals surface area contributed by atoms with Crippen molar-refractivity contribution in [2.24, 2.45) is 5.92 Å². The van der Waals surface area contributed by atoms with Gasteiger partial charge in [0.15, 0.2) is 11.5 Å². The number of rotatable bonds is 6. The Bertz CT molecular complexity index is 461. The molecule has 4 nitrogen and oxygen atoms in total. The number of hydrogen-bond donors (Lipinski definition) is 2. The molecule has 0 spiro atoms. The summed E-state index contributed by atoms with van der Waals surface area (Å²) in [5.74, 6) is 1.51. The number of halogens is 1. The van der Waals surface area contributed by atoms with E-state index in [0.717, 1.165) is 31.5 Å². The van der Waals surface area contributed by atoms with Crippen LogP contribution in [0.5, 0.6) is 11.5 Å². The number of benzene rings is 1. The fourth-order valence-corrected chi connectivity index (χ4v) is 2.99. The lowest BCUT2D eigenvalue weighted by atomic mass is 9.88. The van der Waals surface area contributed by atoms with E-state index in [0.29, 0.717) is 29.7 Å². The zero-order valence-corrected chi connectivity index (χ0v) is 13.4. The minimum Gasteiger partial charge on any atom is -0.490 e. The highest BCUT2D eigenvalue weighted by atomic mass is 35.5. The number of ether oxygens (including phenoxy) is 2. The molecule has 118 valence electrons. The number of hydrogen-bond acceptors (Lipinski definition) is 4. The predicted molar refractivity (Wildman–Crippen MR) is 84.3 cm³/mol. The van der Waals surface area contributed by atoms with Gasteiger partial charge >= 0.3 is 0 Å². The summed E-state index contributed by atoms with van der Waals surface area (Å²) >= 11 is 6.34. The van der Waals surface area contributed by atoms with Crippen molar-refractivity contribution in [1.29, 1.82) is 0 Å². The zero-order chi connectivity index (χ0) is 15.2. The number of piperidine rings is 1. The highest BCUT2D eigenvalue weighted by Gasteiger charge is 2.26. The maximum absolute atomic E-state index is 10.6. The summed E-state index contributed by atoms with van der Waals surface area (Å²) in [5, 5.41) is 14.5. The first-order valence-corrected chi connectivity index (χ1v) is 8.03. The van der Waals surface area contributed by atoms with Crippen molar-refractivity contribution in [3.05, 3.63) is 22.7 Å². The zero-order valence-electron chi connectivity index (χ0n) is 12.7. The topological polar surface area (TPSA) is 50.7 Å². The average molecular weight is 314 g/mol. The molecule has 0 saturated carbocycles. The van der Waals surface area contributed by atoms with Crippen LogP contribution in [0.2, 0.25) is 5.02 Å². The molecule has 5 heteroatoms. The van der Waals surface area contributed by atoms with Gasteiger partial charge in [-0.05, 0) is 51.8 Å². The fraction of sp³-hybridized carbons (Fsp3) is 0.625. The molecule has 1 fully saturated rings. The van der Waals surface area contributed by atoms with Gasteiger partial charge in [-0.3, -0.25) is 0 Å². The highest BCUT2D eigenvalue weighted by Crippen LogP contribution is 2.39. The van der Waals surface area contributed by atoms with Crippen LogP contribution in [0.25, 0.3) is 0 Å². The normalized spacial score (nSPS) is 17.5. The summed E-state index contributed by atoms with van der Waals surface area (Å²) in [5.41, 5.74) is 0.732. The molecule has 0 radical (unpaired) electrons. The molecule has 0 aromatic heterocycles. The Morgan fingerprint density at radius 3 is 2.33 bits per heavy atom. The van der Waals surface area contributed by atoms with Crippen molar-refractivity contribution < 1.29 is 14.6 Å². The minimum atomic E-state index is -0.561. The van der Waals surface area contributed by atoms with Crippen LogP contribution in [-0.2, 0) is 0 Å². The van der Waals surface area contributed by atoms with E-state index in [1.165, 1.54) is 0 Å². The number of nitrogens with one attached hydrogen (secondary N) is 1. The van der Waals surface area contributed by atoms with Gasteiger partial charge in [0, 0.05) is 11.6 Å². The van der Waals surface area contributed by atoms with Crippen LogP contribution in [-0.4, -0.2) is 31.4 Å². The van der Waals surface area contributed by atoms with Gasteiger partial charge < -0.3 is 19.9 Å². The summed E-state index contributed by atoms with van der Waals surface area (Å²) in [4.78, 5) is 0. The maximum Gasteiger partial charge on any atom is 0.162 e. The maximum atomic E-state index is 10.6. The molecule has 21 heavy (non-hydrogen) atoms. The van der Waals surface area contributed by atoms with E-state index in [9.17, 15) is 5.11 Å². The van der Waals surface area contributed by atoms with Gasteiger partial charge in [-0.1, -0.05) is 11.6 Å². The smallest absolute Gasteiger partial charge is 0.162 e. The molecule has 1 unspecified atom stereocenters. The Hall–Kier alpha value is -0.970. The Morgan fingerprint density at radius 2 is 1.76 bits per heavy atom. The number of aliphatic hydroxyl groups is 1. The Labute approximate surface area is 131 Å². The second-order valence-corrected chi connectivity index (χ2v) is 5.63. The van der Waals surface area contributed by atoms with E-state index in [1.807, 2.05) is 19.9 Å². The van der Waals surface area contributed by atoms with Crippen LogP contribution in [0.3, 0.4) is 0 Å². The third-order valence-corrected chi connectivity index (χ3v) is 4.14. The van der Waals surface area contributed by atoms with Crippen molar-refractivity contribution in [2.75, 3.05) is 26.3 Å². The molecule has 1 saturated heterocycles. The van der Waals surface area contributed by atoms with Gasteiger partial charge in [0.1, 0.15) is 0 Å². The molecule has 2 N–H and O–H groups in total. The van der Waals surface area contributed by atoms with Gasteiger partial charge in [-0.25, -0.2) is 0 Å². The molecule has 2 rings (SSSR count). The summed E-state index contributed by atoms with van der Waals surface area (Å²) in [6.07, 6.45) is 1.35. The molecule has 1 aromatic rings. The van der Waals surface area contributed by atoms with Gasteiger partial charge in [-0.15, -0.1) is 0 Å². The molecular weight excluding hydrogens is 290 g/mol. The van der Waals surface area contributed by atoms with Gasteiger partial charge in [0.05, 0.1) is 24.3 Å². The van der Waals surface area contributed by atoms with Crippen molar-refractivity contribution in [2.45, 2.75) is 32.8 Å². The first-order valence-electron chi connectivity index (χ1n) is 7.65. The Kier molecular flexibility index (Phi) is 6.15. The van der Waals surface area contributed by atoms with E-state index in [-0.39, 0.29) is 5.92 Å². The van der Waals surface area contributed by atoms with Gasteiger partial charge in [0.2, 0.25) is 0 Å². The van der Waals surface area contributed by atoms with E-state index in [1.54, 1.807) is 6.07 Å². The fourth-order valence-electron chi connectivity index (χ4n) is 2.73. The number of aliphatic hydroxyl groups excluding tert-OH is 1. The van der Waals surface area contributed by atoms with E-state index >= 15 is 0 Å². The molecule has 1 aromatic carbocycles. The second kappa shape index (κ2) is 7.87. The van der Waals surface area contributed by atoms with E-state index < -0.39 is 6.10 Å². The van der Waals surface area contributed by atoms with E-state index in [2.05, 4.69) is 5.32 Å². The van der Waals surface area contributed by atoms with Crippen LogP contribution < -0.4 is 14.8 Å². The van der Waals surface area contributed by atoms with Crippen LogP contribution in [0, 0.1) is 5.92 Å². The highest BCUT2D eigenvalue weighted by molar-refractivity contribution is 6.31. The monoisotopic (exact) mass is 313 g/mol. The molecule has 1 aliphatic heterocycles. The lowest BCUT2D eigenvalue weighted by Gasteiger charge is -2.28. The van der Waals surface area contributed by atoms with Crippen LogP contribution >= 0.6 is 11.6 Å². The Balaban J connectivity index is 2.27. The molecule has 0 aliphatic carbocycles. The van der Waals surface area contributed by atoms with Crippen LogP contribution in [0.1, 0.15) is 38.4 Å². The van der Waals surface area contributed by atoms with Gasteiger partial charge in [0.25, 0.3) is 0 Å². The van der Waals surface area contributed by atoms with Gasteiger partial charge in [-0.2, -0.15) is 0 Å². The molecule has 1 atom stereocenters. The van der Waals surface area contributed by atoms with Crippen molar-refractivity contribution in [1.82, 2.24) is 5.32 Å².